The van der Waals surface area contributed by atoms with Crippen molar-refractivity contribution in [2.24, 2.45) is 0 Å². The molecule has 0 aliphatic carbocycles. The molecule has 2 aromatic rings. The number of halogens is 3. The van der Waals surface area contributed by atoms with Crippen molar-refractivity contribution in [3.63, 3.8) is 0 Å². The number of benzene rings is 1. The van der Waals surface area contributed by atoms with E-state index in [1.807, 2.05) is 6.92 Å². The molecule has 0 saturated heterocycles. The van der Waals surface area contributed by atoms with Crippen LogP contribution in [-0.4, -0.2) is 15.7 Å². The fourth-order valence-electron chi connectivity index (χ4n) is 1.58. The van der Waals surface area contributed by atoms with Gasteiger partial charge in [0.25, 0.3) is 5.91 Å². The average Bonchev–Trinajstić information content (AvgIpc) is 2.77. The third-order valence-electron chi connectivity index (χ3n) is 2.59. The number of hydrogen-bond acceptors (Lipinski definition) is 3. The van der Waals surface area contributed by atoms with Crippen LogP contribution in [0.5, 0.6) is 0 Å². The number of nitrogens with two attached hydrogens (primary N) is 1. The predicted molar refractivity (Wildman–Crippen MR) is 74.3 cm³/mol. The van der Waals surface area contributed by atoms with E-state index in [1.165, 1.54) is 10.9 Å². The first-order chi connectivity index (χ1) is 9.42. The monoisotopic (exact) mass is 344 g/mol. The molecule has 0 aliphatic rings. The van der Waals surface area contributed by atoms with Crippen LogP contribution in [0.2, 0.25) is 0 Å². The summed E-state index contributed by atoms with van der Waals surface area (Å²) in [6.45, 7) is 2.37. The van der Waals surface area contributed by atoms with Gasteiger partial charge in [-0.15, -0.1) is 0 Å². The van der Waals surface area contributed by atoms with Gasteiger partial charge >= 0.3 is 0 Å². The number of nitrogens with one attached hydrogen (secondary N) is 1. The van der Waals surface area contributed by atoms with E-state index in [0.29, 0.717) is 6.54 Å². The minimum Gasteiger partial charge on any atom is -0.396 e. The van der Waals surface area contributed by atoms with Crippen LogP contribution < -0.4 is 11.1 Å². The Balaban J connectivity index is 2.27. The lowest BCUT2D eigenvalue weighted by atomic mass is 10.2. The summed E-state index contributed by atoms with van der Waals surface area (Å²) in [4.78, 5) is 11.9. The first-order valence-electron chi connectivity index (χ1n) is 5.71. The molecule has 3 N–H and O–H groups in total. The fourth-order valence-corrected chi connectivity index (χ4v) is 1.89. The number of rotatable bonds is 3. The Kier molecular flexibility index (Phi) is 4.03. The van der Waals surface area contributed by atoms with Crippen LogP contribution in [0.25, 0.3) is 0 Å². The van der Waals surface area contributed by atoms with E-state index in [0.717, 1.165) is 12.1 Å². The maximum Gasteiger partial charge on any atom is 0.278 e. The SMILES string of the molecule is CCn1cc(N)c(C(=O)Nc2cc(F)c(Br)cc2F)n1. The van der Waals surface area contributed by atoms with Gasteiger partial charge in [0.2, 0.25) is 0 Å². The fraction of sp³-hybridized carbons (Fsp3) is 0.167. The molecule has 0 saturated carbocycles. The highest BCUT2D eigenvalue weighted by Gasteiger charge is 2.17. The highest BCUT2D eigenvalue weighted by atomic mass is 79.9. The van der Waals surface area contributed by atoms with Gasteiger partial charge < -0.3 is 11.1 Å². The third-order valence-corrected chi connectivity index (χ3v) is 3.19. The van der Waals surface area contributed by atoms with E-state index in [-0.39, 0.29) is 21.5 Å². The van der Waals surface area contributed by atoms with Gasteiger partial charge in [0.15, 0.2) is 5.69 Å². The maximum atomic E-state index is 13.6. The van der Waals surface area contributed by atoms with Crippen molar-refractivity contribution in [1.82, 2.24) is 9.78 Å². The summed E-state index contributed by atoms with van der Waals surface area (Å²) in [6, 6.07) is 1.81. The topological polar surface area (TPSA) is 72.9 Å². The van der Waals surface area contributed by atoms with Crippen LogP contribution in [0.4, 0.5) is 20.2 Å². The summed E-state index contributed by atoms with van der Waals surface area (Å²) in [5, 5.41) is 6.19. The minimum absolute atomic E-state index is 0.0252. The highest BCUT2D eigenvalue weighted by molar-refractivity contribution is 9.10. The van der Waals surface area contributed by atoms with Crippen molar-refractivity contribution >= 4 is 33.2 Å². The number of hydrogen-bond donors (Lipinski definition) is 2. The lowest BCUT2D eigenvalue weighted by molar-refractivity contribution is 0.102. The Morgan fingerprint density at radius 1 is 1.45 bits per heavy atom. The summed E-state index contributed by atoms with van der Waals surface area (Å²) >= 11 is 2.85. The molecule has 2 rings (SSSR count). The molecule has 0 spiro atoms. The molecule has 0 atom stereocenters. The predicted octanol–water partition coefficient (Wildman–Crippen LogP) is 2.78. The van der Waals surface area contributed by atoms with Crippen LogP contribution in [0.15, 0.2) is 22.8 Å². The molecule has 20 heavy (non-hydrogen) atoms. The molecule has 0 radical (unpaired) electrons. The van der Waals surface area contributed by atoms with Gasteiger partial charge in [-0.2, -0.15) is 5.10 Å². The summed E-state index contributed by atoms with van der Waals surface area (Å²) in [7, 11) is 0. The molecule has 0 fully saturated rings. The number of anilines is 2. The van der Waals surface area contributed by atoms with Crippen LogP contribution in [0.1, 0.15) is 17.4 Å². The normalized spacial score (nSPS) is 10.6. The molecule has 5 nitrogen and oxygen atoms in total. The van der Waals surface area contributed by atoms with Crippen LogP contribution in [0, 0.1) is 11.6 Å². The molecule has 8 heteroatoms. The number of nitrogens with zero attached hydrogens (tertiary/aromatic N) is 2. The van der Waals surface area contributed by atoms with E-state index in [2.05, 4.69) is 26.3 Å². The van der Waals surface area contributed by atoms with Gasteiger partial charge in [0, 0.05) is 18.8 Å². The number of carbonyl (C=O) groups is 1. The van der Waals surface area contributed by atoms with Crippen molar-refractivity contribution in [1.29, 1.82) is 0 Å². The molecule has 106 valence electrons. The molecule has 1 aromatic carbocycles. The average molecular weight is 345 g/mol. The van der Waals surface area contributed by atoms with Crippen molar-refractivity contribution in [2.45, 2.75) is 13.5 Å². The number of carbonyl (C=O) groups excluding carboxylic acids is 1. The van der Waals surface area contributed by atoms with Crippen molar-refractivity contribution in [2.75, 3.05) is 11.1 Å². The number of aromatic nitrogens is 2. The molecular formula is C12H11BrF2N4O. The van der Waals surface area contributed by atoms with Crippen molar-refractivity contribution in [3.8, 4) is 0 Å². The summed E-state index contributed by atoms with van der Waals surface area (Å²) < 4.78 is 28.4. The lowest BCUT2D eigenvalue weighted by Gasteiger charge is -2.06. The van der Waals surface area contributed by atoms with Crippen LogP contribution in [-0.2, 0) is 6.54 Å². The van der Waals surface area contributed by atoms with E-state index >= 15 is 0 Å². The van der Waals surface area contributed by atoms with Crippen molar-refractivity contribution in [3.05, 3.63) is 40.1 Å². The molecule has 0 bridgehead atoms. The number of amides is 1. The molecular weight excluding hydrogens is 334 g/mol. The Morgan fingerprint density at radius 3 is 2.75 bits per heavy atom. The summed E-state index contributed by atoms with van der Waals surface area (Å²) in [5.41, 5.74) is 5.50. The second-order valence-electron chi connectivity index (χ2n) is 3.99. The Bertz CT molecular complexity index is 672. The Labute approximate surface area is 121 Å². The van der Waals surface area contributed by atoms with E-state index in [9.17, 15) is 13.6 Å². The molecule has 0 unspecified atom stereocenters. The highest BCUT2D eigenvalue weighted by Crippen LogP contribution is 2.24. The molecule has 1 aromatic heterocycles. The van der Waals surface area contributed by atoms with Gasteiger partial charge in [0.1, 0.15) is 11.6 Å². The van der Waals surface area contributed by atoms with Gasteiger partial charge in [-0.25, -0.2) is 8.78 Å². The van der Waals surface area contributed by atoms with Gasteiger partial charge in [-0.3, -0.25) is 9.48 Å². The zero-order valence-electron chi connectivity index (χ0n) is 10.5. The molecule has 0 aliphatic heterocycles. The number of aryl methyl sites for hydroxylation is 1. The maximum absolute atomic E-state index is 13.6. The first kappa shape index (κ1) is 14.4. The van der Waals surface area contributed by atoms with E-state index in [1.54, 1.807) is 0 Å². The van der Waals surface area contributed by atoms with Gasteiger partial charge in [-0.05, 0) is 28.9 Å². The largest absolute Gasteiger partial charge is 0.396 e. The van der Waals surface area contributed by atoms with E-state index < -0.39 is 17.5 Å². The molecule has 1 amide bonds. The van der Waals surface area contributed by atoms with Gasteiger partial charge in [-0.1, -0.05) is 0 Å². The first-order valence-corrected chi connectivity index (χ1v) is 6.50. The minimum atomic E-state index is -0.764. The van der Waals surface area contributed by atoms with E-state index in [4.69, 9.17) is 5.73 Å². The third kappa shape index (κ3) is 2.79. The Morgan fingerprint density at radius 2 is 2.15 bits per heavy atom. The standard InChI is InChI=1S/C12H11BrF2N4O/c1-2-19-5-9(16)11(18-19)12(20)17-10-4-7(14)6(13)3-8(10)15/h3-5H,2,16H2,1H3,(H,17,20). The molecule has 1 heterocycles. The zero-order valence-corrected chi connectivity index (χ0v) is 12.0. The van der Waals surface area contributed by atoms with Crippen LogP contribution >= 0.6 is 15.9 Å². The zero-order chi connectivity index (χ0) is 14.9. The van der Waals surface area contributed by atoms with Crippen molar-refractivity contribution < 1.29 is 13.6 Å². The Hall–Kier alpha value is -1.96. The smallest absolute Gasteiger partial charge is 0.278 e. The quantitative estimate of drug-likeness (QED) is 0.841. The second kappa shape index (κ2) is 5.58. The summed E-state index contributed by atoms with van der Waals surface area (Å²) in [6.07, 6.45) is 1.49. The lowest BCUT2D eigenvalue weighted by Crippen LogP contribution is -2.16. The van der Waals surface area contributed by atoms with Gasteiger partial charge in [0.05, 0.1) is 15.8 Å². The summed E-state index contributed by atoms with van der Waals surface area (Å²) in [5.74, 6) is -2.15. The second-order valence-corrected chi connectivity index (χ2v) is 4.84. The van der Waals surface area contributed by atoms with Crippen LogP contribution in [0.3, 0.4) is 0 Å². The number of nitrogen functional groups attached to an aromatic ring is 1.